The van der Waals surface area contributed by atoms with E-state index in [0.717, 1.165) is 16.7 Å². The van der Waals surface area contributed by atoms with Gasteiger partial charge in [0.05, 0.1) is 18.5 Å². The smallest absolute Gasteiger partial charge is 0.235 e. The minimum absolute atomic E-state index is 0.0490. The van der Waals surface area contributed by atoms with Gasteiger partial charge in [-0.3, -0.25) is 9.00 Å². The Morgan fingerprint density at radius 3 is 2.46 bits per heavy atom. The molecule has 6 heteroatoms. The molecule has 1 aliphatic rings. The second-order valence-corrected chi connectivity index (χ2v) is 8.43. The third-order valence-corrected chi connectivity index (χ3v) is 6.51. The summed E-state index contributed by atoms with van der Waals surface area (Å²) in [5.41, 5.74) is 2.94. The number of amides is 1. The van der Waals surface area contributed by atoms with Crippen molar-refractivity contribution in [2.24, 2.45) is 0 Å². The van der Waals surface area contributed by atoms with Gasteiger partial charge in [0.25, 0.3) is 0 Å². The fourth-order valence-corrected chi connectivity index (χ4v) is 4.31. The van der Waals surface area contributed by atoms with E-state index in [-0.39, 0.29) is 16.9 Å². The van der Waals surface area contributed by atoms with E-state index in [4.69, 9.17) is 16.3 Å². The van der Waals surface area contributed by atoms with Crippen LogP contribution in [-0.2, 0) is 20.3 Å². The number of rotatable bonds is 5. The Morgan fingerprint density at radius 1 is 1.15 bits per heavy atom. The molecule has 2 atom stereocenters. The minimum Gasteiger partial charge on any atom is -0.378 e. The molecule has 1 amide bonds. The van der Waals surface area contributed by atoms with Gasteiger partial charge in [0.15, 0.2) is 0 Å². The van der Waals surface area contributed by atoms with Gasteiger partial charge in [0.1, 0.15) is 5.75 Å². The van der Waals surface area contributed by atoms with Crippen LogP contribution in [0.4, 0.5) is 0 Å². The van der Waals surface area contributed by atoms with Gasteiger partial charge in [-0.2, -0.15) is 0 Å². The molecule has 0 spiro atoms. The highest BCUT2D eigenvalue weighted by molar-refractivity contribution is 7.86. The molecule has 138 valence electrons. The van der Waals surface area contributed by atoms with Crippen molar-refractivity contribution in [2.45, 2.75) is 12.2 Å². The number of benzene rings is 2. The maximum atomic E-state index is 12.6. The molecule has 4 nitrogen and oxygen atoms in total. The molecule has 1 heterocycles. The molecule has 0 saturated carbocycles. The third kappa shape index (κ3) is 4.53. The monoisotopic (exact) mass is 391 g/mol. The lowest BCUT2D eigenvalue weighted by Crippen LogP contribution is -2.43. The second-order valence-electron chi connectivity index (χ2n) is 6.26. The molecule has 2 unspecified atom stereocenters. The molecule has 3 rings (SSSR count). The van der Waals surface area contributed by atoms with Crippen molar-refractivity contribution in [2.75, 3.05) is 32.1 Å². The number of ether oxygens (including phenoxy) is 1. The van der Waals surface area contributed by atoms with Crippen molar-refractivity contribution in [1.29, 1.82) is 0 Å². The van der Waals surface area contributed by atoms with Gasteiger partial charge >= 0.3 is 0 Å². The van der Waals surface area contributed by atoms with Gasteiger partial charge in [-0.1, -0.05) is 54.1 Å². The largest absolute Gasteiger partial charge is 0.378 e. The number of hydrogen-bond acceptors (Lipinski definition) is 3. The van der Waals surface area contributed by atoms with E-state index in [9.17, 15) is 9.00 Å². The molecule has 1 fully saturated rings. The van der Waals surface area contributed by atoms with E-state index < -0.39 is 10.8 Å². The highest BCUT2D eigenvalue weighted by atomic mass is 35.5. The first-order valence-corrected chi connectivity index (χ1v) is 10.4. The summed E-state index contributed by atoms with van der Waals surface area (Å²) in [6.07, 6.45) is 0. The molecule has 2 aromatic rings. The van der Waals surface area contributed by atoms with E-state index in [1.54, 1.807) is 4.90 Å². The SMILES string of the molecule is CC(c1ccc(-c2ccccc2Cl)cc1)S(=O)CC(=O)N1CCOCC1. The normalized spacial score (nSPS) is 16.9. The lowest BCUT2D eigenvalue weighted by atomic mass is 10.0. The van der Waals surface area contributed by atoms with Crippen molar-refractivity contribution >= 4 is 28.3 Å². The molecule has 0 aromatic heterocycles. The third-order valence-electron chi connectivity index (χ3n) is 4.59. The van der Waals surface area contributed by atoms with Crippen LogP contribution in [0.15, 0.2) is 48.5 Å². The van der Waals surface area contributed by atoms with Crippen LogP contribution < -0.4 is 0 Å². The van der Waals surface area contributed by atoms with Crippen LogP contribution in [0, 0.1) is 0 Å². The first kappa shape index (κ1) is 19.1. The minimum atomic E-state index is -1.26. The number of carbonyl (C=O) groups is 1. The quantitative estimate of drug-likeness (QED) is 0.781. The summed E-state index contributed by atoms with van der Waals surface area (Å²) in [6, 6.07) is 15.6. The van der Waals surface area contributed by atoms with E-state index in [1.807, 2.05) is 55.5 Å². The first-order valence-electron chi connectivity index (χ1n) is 8.64. The molecule has 0 bridgehead atoms. The number of halogens is 1. The zero-order valence-electron chi connectivity index (χ0n) is 14.7. The molecule has 0 radical (unpaired) electrons. The molecular weight excluding hydrogens is 370 g/mol. The summed E-state index contributed by atoms with van der Waals surface area (Å²) in [5.74, 6) is -0.0147. The Bertz CT molecular complexity index is 788. The van der Waals surface area contributed by atoms with E-state index >= 15 is 0 Å². The summed E-state index contributed by atoms with van der Waals surface area (Å²) in [5, 5.41) is 0.494. The van der Waals surface area contributed by atoms with Crippen LogP contribution in [0.1, 0.15) is 17.7 Å². The Labute approximate surface area is 161 Å². The van der Waals surface area contributed by atoms with Crippen LogP contribution in [0.2, 0.25) is 5.02 Å². The van der Waals surface area contributed by atoms with Gasteiger partial charge in [-0.15, -0.1) is 0 Å². The fourth-order valence-electron chi connectivity index (χ4n) is 2.93. The predicted octanol–water partition coefficient (Wildman–Crippen LogP) is 3.68. The van der Waals surface area contributed by atoms with Gasteiger partial charge in [0, 0.05) is 34.5 Å². The van der Waals surface area contributed by atoms with Gasteiger partial charge in [-0.05, 0) is 24.1 Å². The lowest BCUT2D eigenvalue weighted by Gasteiger charge is -2.27. The molecule has 0 aliphatic carbocycles. The Kier molecular flexibility index (Phi) is 6.46. The average Bonchev–Trinajstić information content (AvgIpc) is 2.68. The summed E-state index contributed by atoms with van der Waals surface area (Å²) < 4.78 is 17.9. The Hall–Kier alpha value is -1.69. The highest BCUT2D eigenvalue weighted by Crippen LogP contribution is 2.29. The van der Waals surface area contributed by atoms with Crippen LogP contribution in [0.3, 0.4) is 0 Å². The lowest BCUT2D eigenvalue weighted by molar-refractivity contribution is -0.132. The van der Waals surface area contributed by atoms with Crippen LogP contribution in [-0.4, -0.2) is 47.1 Å². The molecule has 26 heavy (non-hydrogen) atoms. The molecule has 0 N–H and O–H groups in total. The first-order chi connectivity index (χ1) is 12.6. The van der Waals surface area contributed by atoms with Crippen molar-refractivity contribution in [3.8, 4) is 11.1 Å². The zero-order valence-corrected chi connectivity index (χ0v) is 16.3. The topological polar surface area (TPSA) is 46.6 Å². The standard InChI is InChI=1S/C20H22ClNO3S/c1-15(26(24)14-20(23)22-10-12-25-13-11-22)16-6-8-17(9-7-16)18-4-2-3-5-19(18)21/h2-9,15H,10-14H2,1H3. The molecule has 1 aliphatic heterocycles. The number of morpholine rings is 1. The summed E-state index contributed by atoms with van der Waals surface area (Å²) in [4.78, 5) is 14.0. The molecular formula is C20H22ClNO3S. The fraction of sp³-hybridized carbons (Fsp3) is 0.350. The Balaban J connectivity index is 1.65. The van der Waals surface area contributed by atoms with E-state index in [2.05, 4.69) is 0 Å². The maximum absolute atomic E-state index is 12.6. The number of carbonyl (C=O) groups excluding carboxylic acids is 1. The second kappa shape index (κ2) is 8.80. The van der Waals surface area contributed by atoms with Crippen molar-refractivity contribution in [3.05, 3.63) is 59.1 Å². The van der Waals surface area contributed by atoms with Gasteiger partial charge in [-0.25, -0.2) is 0 Å². The summed E-state index contributed by atoms with van der Waals surface area (Å²) >= 11 is 6.24. The summed E-state index contributed by atoms with van der Waals surface area (Å²) in [7, 11) is -1.26. The number of hydrogen-bond donors (Lipinski definition) is 0. The van der Waals surface area contributed by atoms with E-state index in [1.165, 1.54) is 0 Å². The highest BCUT2D eigenvalue weighted by Gasteiger charge is 2.22. The molecule has 2 aromatic carbocycles. The summed E-state index contributed by atoms with van der Waals surface area (Å²) in [6.45, 7) is 4.16. The molecule has 1 saturated heterocycles. The van der Waals surface area contributed by atoms with Crippen LogP contribution >= 0.6 is 11.6 Å². The van der Waals surface area contributed by atoms with Crippen molar-refractivity contribution in [1.82, 2.24) is 4.90 Å². The van der Waals surface area contributed by atoms with E-state index in [0.29, 0.717) is 31.3 Å². The van der Waals surface area contributed by atoms with Crippen molar-refractivity contribution < 1.29 is 13.7 Å². The maximum Gasteiger partial charge on any atom is 0.235 e. The van der Waals surface area contributed by atoms with Crippen LogP contribution in [0.25, 0.3) is 11.1 Å². The van der Waals surface area contributed by atoms with Crippen molar-refractivity contribution in [3.63, 3.8) is 0 Å². The van der Waals surface area contributed by atoms with Gasteiger partial charge in [0.2, 0.25) is 5.91 Å². The Morgan fingerprint density at radius 2 is 1.81 bits per heavy atom. The zero-order chi connectivity index (χ0) is 18.5. The predicted molar refractivity (Wildman–Crippen MR) is 106 cm³/mol. The number of nitrogens with zero attached hydrogens (tertiary/aromatic N) is 1. The van der Waals surface area contributed by atoms with Crippen LogP contribution in [0.5, 0.6) is 0 Å². The van der Waals surface area contributed by atoms with Gasteiger partial charge < -0.3 is 9.64 Å². The average molecular weight is 392 g/mol.